The van der Waals surface area contributed by atoms with Crippen molar-refractivity contribution in [3.63, 3.8) is 0 Å². The largest absolute Gasteiger partial charge is 0.339 e. The third-order valence-electron chi connectivity index (χ3n) is 3.55. The molecule has 22 heavy (non-hydrogen) atoms. The number of thioether (sulfide) groups is 1. The SMILES string of the molecule is CCC(SCC(=O)Nc1ccccc1)C(=O)N1CCNCC1. The number of anilines is 1. The molecule has 2 N–H and O–H groups in total. The topological polar surface area (TPSA) is 61.4 Å². The van der Waals surface area contributed by atoms with E-state index >= 15 is 0 Å². The Morgan fingerprint density at radius 3 is 2.59 bits per heavy atom. The second-order valence-corrected chi connectivity index (χ2v) is 6.39. The molecule has 0 spiro atoms. The van der Waals surface area contributed by atoms with Gasteiger partial charge in [-0.3, -0.25) is 9.59 Å². The number of carbonyl (C=O) groups excluding carboxylic acids is 2. The number of nitrogens with zero attached hydrogens (tertiary/aromatic N) is 1. The molecule has 1 unspecified atom stereocenters. The molecule has 1 aromatic rings. The van der Waals surface area contributed by atoms with Crippen molar-refractivity contribution in [2.45, 2.75) is 18.6 Å². The number of amides is 2. The van der Waals surface area contributed by atoms with Gasteiger partial charge in [-0.1, -0.05) is 25.1 Å². The first-order valence-electron chi connectivity index (χ1n) is 7.66. The summed E-state index contributed by atoms with van der Waals surface area (Å²) in [6.07, 6.45) is 0.742. The highest BCUT2D eigenvalue weighted by atomic mass is 32.2. The van der Waals surface area contributed by atoms with Crippen LogP contribution in [0.1, 0.15) is 13.3 Å². The molecule has 1 aliphatic heterocycles. The molecule has 5 nitrogen and oxygen atoms in total. The smallest absolute Gasteiger partial charge is 0.235 e. The van der Waals surface area contributed by atoms with Gasteiger partial charge in [0.1, 0.15) is 0 Å². The molecule has 1 heterocycles. The third-order valence-corrected chi connectivity index (χ3v) is 4.91. The number of rotatable bonds is 6. The molecule has 2 amide bonds. The Morgan fingerprint density at radius 1 is 1.27 bits per heavy atom. The number of benzene rings is 1. The summed E-state index contributed by atoms with van der Waals surface area (Å²) in [4.78, 5) is 26.3. The lowest BCUT2D eigenvalue weighted by Crippen LogP contribution is -2.49. The fourth-order valence-corrected chi connectivity index (χ4v) is 3.30. The van der Waals surface area contributed by atoms with Crippen LogP contribution in [0.15, 0.2) is 30.3 Å². The van der Waals surface area contributed by atoms with Gasteiger partial charge in [-0.05, 0) is 18.6 Å². The van der Waals surface area contributed by atoms with E-state index in [-0.39, 0.29) is 17.1 Å². The number of piperazine rings is 1. The van der Waals surface area contributed by atoms with Crippen LogP contribution in [0.3, 0.4) is 0 Å². The van der Waals surface area contributed by atoms with Gasteiger partial charge in [-0.15, -0.1) is 11.8 Å². The normalized spacial score (nSPS) is 16.1. The van der Waals surface area contributed by atoms with Gasteiger partial charge >= 0.3 is 0 Å². The molecule has 1 fully saturated rings. The molecule has 0 aliphatic carbocycles. The van der Waals surface area contributed by atoms with Gasteiger partial charge in [0.2, 0.25) is 11.8 Å². The highest BCUT2D eigenvalue weighted by Gasteiger charge is 2.25. The first kappa shape index (κ1) is 16.8. The predicted octanol–water partition coefficient (Wildman–Crippen LogP) is 1.57. The maximum atomic E-state index is 12.4. The minimum atomic E-state index is -0.139. The van der Waals surface area contributed by atoms with Crippen LogP contribution in [0, 0.1) is 0 Å². The maximum absolute atomic E-state index is 12.4. The summed E-state index contributed by atoms with van der Waals surface area (Å²) in [6.45, 7) is 5.20. The molecule has 2 rings (SSSR count). The van der Waals surface area contributed by atoms with Crippen LogP contribution in [0.2, 0.25) is 0 Å². The molecular weight excluding hydrogens is 298 g/mol. The van der Waals surface area contributed by atoms with Gasteiger partial charge in [-0.25, -0.2) is 0 Å². The van der Waals surface area contributed by atoms with Crippen LogP contribution in [-0.4, -0.2) is 53.9 Å². The van der Waals surface area contributed by atoms with Crippen molar-refractivity contribution in [3.05, 3.63) is 30.3 Å². The fraction of sp³-hybridized carbons (Fsp3) is 0.500. The molecule has 0 radical (unpaired) electrons. The molecule has 1 saturated heterocycles. The predicted molar refractivity (Wildman–Crippen MR) is 91.1 cm³/mol. The quantitative estimate of drug-likeness (QED) is 0.835. The second-order valence-electron chi connectivity index (χ2n) is 5.20. The van der Waals surface area contributed by atoms with Crippen molar-refractivity contribution >= 4 is 29.3 Å². The zero-order chi connectivity index (χ0) is 15.8. The van der Waals surface area contributed by atoms with E-state index < -0.39 is 0 Å². The van der Waals surface area contributed by atoms with Crippen LogP contribution < -0.4 is 10.6 Å². The average molecular weight is 321 g/mol. The second kappa shape index (κ2) is 8.80. The first-order chi connectivity index (χ1) is 10.7. The van der Waals surface area contributed by atoms with Crippen molar-refractivity contribution in [3.8, 4) is 0 Å². The van der Waals surface area contributed by atoms with Crippen molar-refractivity contribution in [1.82, 2.24) is 10.2 Å². The van der Waals surface area contributed by atoms with Crippen molar-refractivity contribution < 1.29 is 9.59 Å². The number of hydrogen-bond donors (Lipinski definition) is 2. The number of hydrogen-bond acceptors (Lipinski definition) is 4. The van der Waals surface area contributed by atoms with Crippen molar-refractivity contribution in [2.24, 2.45) is 0 Å². The Hall–Kier alpha value is -1.53. The molecule has 0 saturated carbocycles. The van der Waals surface area contributed by atoms with Crippen molar-refractivity contribution in [1.29, 1.82) is 0 Å². The minimum Gasteiger partial charge on any atom is -0.339 e. The highest BCUT2D eigenvalue weighted by Crippen LogP contribution is 2.18. The van der Waals surface area contributed by atoms with Gasteiger partial charge in [0.05, 0.1) is 11.0 Å². The fourth-order valence-electron chi connectivity index (χ4n) is 2.35. The Kier molecular flexibility index (Phi) is 6.74. The van der Waals surface area contributed by atoms with E-state index in [0.717, 1.165) is 38.3 Å². The summed E-state index contributed by atoms with van der Waals surface area (Å²) >= 11 is 1.43. The molecule has 1 aliphatic rings. The lowest BCUT2D eigenvalue weighted by Gasteiger charge is -2.30. The van der Waals surface area contributed by atoms with Gasteiger partial charge < -0.3 is 15.5 Å². The Labute approximate surface area is 135 Å². The molecule has 1 aromatic carbocycles. The number of carbonyl (C=O) groups is 2. The summed E-state index contributed by atoms with van der Waals surface area (Å²) in [6, 6.07) is 9.37. The molecular formula is C16H23N3O2S. The monoisotopic (exact) mass is 321 g/mol. The van der Waals surface area contributed by atoms with E-state index in [0.29, 0.717) is 5.75 Å². The molecule has 120 valence electrons. The number of nitrogens with one attached hydrogen (secondary N) is 2. The Morgan fingerprint density at radius 2 is 1.95 bits per heavy atom. The average Bonchev–Trinajstić information content (AvgIpc) is 2.57. The maximum Gasteiger partial charge on any atom is 0.235 e. The number of para-hydroxylation sites is 1. The summed E-state index contributed by atoms with van der Waals surface area (Å²) in [5.74, 6) is 0.384. The third kappa shape index (κ3) is 5.03. The van der Waals surface area contributed by atoms with E-state index in [2.05, 4.69) is 10.6 Å². The van der Waals surface area contributed by atoms with Gasteiger partial charge in [0.15, 0.2) is 0 Å². The lowest BCUT2D eigenvalue weighted by atomic mass is 10.2. The van der Waals surface area contributed by atoms with Gasteiger partial charge in [-0.2, -0.15) is 0 Å². The van der Waals surface area contributed by atoms with Crippen LogP contribution in [0.25, 0.3) is 0 Å². The first-order valence-corrected chi connectivity index (χ1v) is 8.71. The van der Waals surface area contributed by atoms with Crippen LogP contribution in [-0.2, 0) is 9.59 Å². The highest BCUT2D eigenvalue weighted by molar-refractivity contribution is 8.01. The van der Waals surface area contributed by atoms with Gasteiger partial charge in [0.25, 0.3) is 0 Å². The summed E-state index contributed by atoms with van der Waals surface area (Å²) in [5, 5.41) is 5.95. The minimum absolute atomic E-state index is 0.0669. The standard InChI is InChI=1S/C16H23N3O2S/c1-2-14(16(21)19-10-8-17-9-11-19)22-12-15(20)18-13-6-4-3-5-7-13/h3-7,14,17H,2,8-12H2,1H3,(H,18,20). The van der Waals surface area contributed by atoms with Crippen LogP contribution >= 0.6 is 11.8 Å². The van der Waals surface area contributed by atoms with E-state index in [1.54, 1.807) is 0 Å². The molecule has 1 atom stereocenters. The van der Waals surface area contributed by atoms with Crippen LogP contribution in [0.5, 0.6) is 0 Å². The van der Waals surface area contributed by atoms with E-state index in [1.165, 1.54) is 11.8 Å². The summed E-state index contributed by atoms with van der Waals surface area (Å²) in [7, 11) is 0. The zero-order valence-corrected chi connectivity index (χ0v) is 13.7. The zero-order valence-electron chi connectivity index (χ0n) is 12.9. The lowest BCUT2D eigenvalue weighted by molar-refractivity contribution is -0.131. The summed E-state index contributed by atoms with van der Waals surface area (Å²) < 4.78 is 0. The molecule has 6 heteroatoms. The van der Waals surface area contributed by atoms with Gasteiger partial charge in [0, 0.05) is 31.9 Å². The molecule has 0 bridgehead atoms. The van der Waals surface area contributed by atoms with Crippen LogP contribution in [0.4, 0.5) is 5.69 Å². The van der Waals surface area contributed by atoms with Crippen molar-refractivity contribution in [2.75, 3.05) is 37.2 Å². The van der Waals surface area contributed by atoms with E-state index in [1.807, 2.05) is 42.2 Å². The summed E-state index contributed by atoms with van der Waals surface area (Å²) in [5.41, 5.74) is 0.787. The Balaban J connectivity index is 1.80. The van der Waals surface area contributed by atoms with E-state index in [9.17, 15) is 9.59 Å². The molecule has 0 aromatic heterocycles. The van der Waals surface area contributed by atoms with E-state index in [4.69, 9.17) is 0 Å². The Bertz CT molecular complexity index is 489.